The third kappa shape index (κ3) is 2.86. The molecule has 3 nitrogen and oxygen atoms in total. The van der Waals surface area contributed by atoms with Gasteiger partial charge in [0.1, 0.15) is 5.82 Å². The molecule has 2 aromatic rings. The molecule has 0 saturated heterocycles. The van der Waals surface area contributed by atoms with Crippen LogP contribution in [-0.4, -0.2) is 23.2 Å². The number of amides is 1. The molecule has 1 amide bonds. The van der Waals surface area contributed by atoms with Crippen LogP contribution in [0.25, 0.3) is 10.1 Å². The minimum absolute atomic E-state index is 0.155. The Morgan fingerprint density at radius 1 is 1.50 bits per heavy atom. The third-order valence-electron chi connectivity index (χ3n) is 2.41. The molecular weight excluding hydrogens is 253 g/mol. The standard InChI is InChI=1S/C13H14FNO2S/c1-13(2,17)7-15-12(16)11-6-8-9(14)4-3-5-10(8)18-11/h3-6,17H,7H2,1-2H3,(H,15,16). The van der Waals surface area contributed by atoms with Crippen LogP contribution < -0.4 is 5.32 Å². The van der Waals surface area contributed by atoms with Gasteiger partial charge < -0.3 is 10.4 Å². The molecule has 5 heteroatoms. The Balaban J connectivity index is 2.21. The van der Waals surface area contributed by atoms with Crippen molar-refractivity contribution in [2.75, 3.05) is 6.54 Å². The summed E-state index contributed by atoms with van der Waals surface area (Å²) in [5.74, 6) is -0.622. The molecule has 96 valence electrons. The number of hydrogen-bond donors (Lipinski definition) is 2. The van der Waals surface area contributed by atoms with Gasteiger partial charge in [0.15, 0.2) is 0 Å². The zero-order valence-corrected chi connectivity index (χ0v) is 11.0. The molecule has 0 fully saturated rings. The van der Waals surface area contributed by atoms with Crippen molar-refractivity contribution in [1.82, 2.24) is 5.32 Å². The van der Waals surface area contributed by atoms with Gasteiger partial charge in [0.25, 0.3) is 5.91 Å². The van der Waals surface area contributed by atoms with E-state index < -0.39 is 5.60 Å². The maximum atomic E-state index is 13.5. The fraction of sp³-hybridized carbons (Fsp3) is 0.308. The molecule has 1 aromatic carbocycles. The molecule has 18 heavy (non-hydrogen) atoms. The average Bonchev–Trinajstić information content (AvgIpc) is 2.70. The van der Waals surface area contributed by atoms with Gasteiger partial charge in [-0.25, -0.2) is 4.39 Å². The van der Waals surface area contributed by atoms with E-state index in [-0.39, 0.29) is 18.3 Å². The van der Waals surface area contributed by atoms with E-state index in [1.54, 1.807) is 26.0 Å². The van der Waals surface area contributed by atoms with E-state index in [9.17, 15) is 14.3 Å². The number of thiophene rings is 1. The first kappa shape index (κ1) is 13.0. The highest BCUT2D eigenvalue weighted by atomic mass is 32.1. The lowest BCUT2D eigenvalue weighted by Crippen LogP contribution is -2.37. The van der Waals surface area contributed by atoms with E-state index in [1.165, 1.54) is 23.5 Å². The molecule has 0 radical (unpaired) electrons. The second-order valence-electron chi connectivity index (χ2n) is 4.76. The average molecular weight is 267 g/mol. The van der Waals surface area contributed by atoms with Gasteiger partial charge in [-0.3, -0.25) is 4.79 Å². The monoisotopic (exact) mass is 267 g/mol. The Bertz CT molecular complexity index is 586. The molecule has 1 heterocycles. The highest BCUT2D eigenvalue weighted by Crippen LogP contribution is 2.27. The van der Waals surface area contributed by atoms with Crippen molar-refractivity contribution in [3.63, 3.8) is 0 Å². The number of rotatable bonds is 3. The largest absolute Gasteiger partial charge is 0.389 e. The Morgan fingerprint density at radius 2 is 2.22 bits per heavy atom. The predicted octanol–water partition coefficient (Wildman–Crippen LogP) is 2.54. The van der Waals surface area contributed by atoms with Crippen LogP contribution in [0, 0.1) is 5.82 Å². The van der Waals surface area contributed by atoms with Crippen molar-refractivity contribution in [3.05, 3.63) is 35.0 Å². The van der Waals surface area contributed by atoms with E-state index in [1.807, 2.05) is 0 Å². The Morgan fingerprint density at radius 3 is 2.83 bits per heavy atom. The highest BCUT2D eigenvalue weighted by Gasteiger charge is 2.16. The number of aliphatic hydroxyl groups is 1. The number of carbonyl (C=O) groups excluding carboxylic acids is 1. The maximum absolute atomic E-state index is 13.5. The lowest BCUT2D eigenvalue weighted by Gasteiger charge is -2.17. The van der Waals surface area contributed by atoms with Gasteiger partial charge in [-0.1, -0.05) is 6.07 Å². The van der Waals surface area contributed by atoms with E-state index in [2.05, 4.69) is 5.32 Å². The topological polar surface area (TPSA) is 49.3 Å². The third-order valence-corrected chi connectivity index (χ3v) is 3.51. The molecular formula is C13H14FNO2S. The van der Waals surface area contributed by atoms with Crippen molar-refractivity contribution >= 4 is 27.3 Å². The molecule has 0 spiro atoms. The van der Waals surface area contributed by atoms with Crippen LogP contribution in [0.2, 0.25) is 0 Å². The molecule has 0 aliphatic carbocycles. The van der Waals surface area contributed by atoms with Crippen LogP contribution in [0.15, 0.2) is 24.3 Å². The second kappa shape index (κ2) is 4.66. The molecule has 2 N–H and O–H groups in total. The Kier molecular flexibility index (Phi) is 3.36. The number of halogens is 1. The van der Waals surface area contributed by atoms with Crippen LogP contribution in [0.3, 0.4) is 0 Å². The van der Waals surface area contributed by atoms with Crippen molar-refractivity contribution in [1.29, 1.82) is 0 Å². The van der Waals surface area contributed by atoms with Gasteiger partial charge in [0, 0.05) is 16.6 Å². The molecule has 0 aliphatic rings. The smallest absolute Gasteiger partial charge is 0.261 e. The minimum Gasteiger partial charge on any atom is -0.389 e. The van der Waals surface area contributed by atoms with Gasteiger partial charge >= 0.3 is 0 Å². The summed E-state index contributed by atoms with van der Waals surface area (Å²) in [4.78, 5) is 12.3. The van der Waals surface area contributed by atoms with Crippen LogP contribution in [0.5, 0.6) is 0 Å². The number of hydrogen-bond acceptors (Lipinski definition) is 3. The SMILES string of the molecule is CC(C)(O)CNC(=O)c1cc2c(F)cccc2s1. The quantitative estimate of drug-likeness (QED) is 0.898. The Labute approximate surface area is 108 Å². The zero-order valence-electron chi connectivity index (χ0n) is 10.2. The number of benzene rings is 1. The lowest BCUT2D eigenvalue weighted by atomic mass is 10.1. The van der Waals surface area contributed by atoms with Crippen LogP contribution >= 0.6 is 11.3 Å². The summed E-state index contributed by atoms with van der Waals surface area (Å²) < 4.78 is 14.2. The van der Waals surface area contributed by atoms with E-state index in [4.69, 9.17) is 0 Å². The first-order valence-corrected chi connectivity index (χ1v) is 6.37. The van der Waals surface area contributed by atoms with Gasteiger partial charge in [-0.15, -0.1) is 11.3 Å². The first-order chi connectivity index (χ1) is 8.37. The van der Waals surface area contributed by atoms with Crippen LogP contribution in [0.1, 0.15) is 23.5 Å². The molecule has 0 bridgehead atoms. The van der Waals surface area contributed by atoms with Crippen LogP contribution in [-0.2, 0) is 0 Å². The predicted molar refractivity (Wildman–Crippen MR) is 70.4 cm³/mol. The normalized spacial score (nSPS) is 11.8. The van der Waals surface area contributed by atoms with Gasteiger partial charge in [-0.2, -0.15) is 0 Å². The maximum Gasteiger partial charge on any atom is 0.261 e. The Hall–Kier alpha value is -1.46. The second-order valence-corrected chi connectivity index (χ2v) is 5.84. The number of fused-ring (bicyclic) bond motifs is 1. The van der Waals surface area contributed by atoms with Gasteiger partial charge in [0.2, 0.25) is 0 Å². The van der Waals surface area contributed by atoms with Gasteiger partial charge in [0.05, 0.1) is 10.5 Å². The van der Waals surface area contributed by atoms with Crippen molar-refractivity contribution in [3.8, 4) is 0 Å². The lowest BCUT2D eigenvalue weighted by molar-refractivity contribution is 0.0696. The zero-order chi connectivity index (χ0) is 13.3. The fourth-order valence-electron chi connectivity index (χ4n) is 1.52. The summed E-state index contributed by atoms with van der Waals surface area (Å²) in [6.45, 7) is 3.37. The summed E-state index contributed by atoms with van der Waals surface area (Å²) >= 11 is 1.24. The van der Waals surface area contributed by atoms with E-state index in [0.717, 1.165) is 4.70 Å². The molecule has 0 saturated carbocycles. The molecule has 2 rings (SSSR count). The summed E-state index contributed by atoms with van der Waals surface area (Å²) in [5, 5.41) is 12.6. The highest BCUT2D eigenvalue weighted by molar-refractivity contribution is 7.20. The van der Waals surface area contributed by atoms with Crippen molar-refractivity contribution in [2.24, 2.45) is 0 Å². The number of nitrogens with one attached hydrogen (secondary N) is 1. The van der Waals surface area contributed by atoms with E-state index >= 15 is 0 Å². The fourth-order valence-corrected chi connectivity index (χ4v) is 2.51. The summed E-state index contributed by atoms with van der Waals surface area (Å²) in [5.41, 5.74) is -0.961. The summed E-state index contributed by atoms with van der Waals surface area (Å²) in [6.07, 6.45) is 0. The summed E-state index contributed by atoms with van der Waals surface area (Å²) in [6, 6.07) is 6.30. The van der Waals surface area contributed by atoms with E-state index in [0.29, 0.717) is 10.3 Å². The minimum atomic E-state index is -0.961. The van der Waals surface area contributed by atoms with Crippen molar-refractivity contribution < 1.29 is 14.3 Å². The van der Waals surface area contributed by atoms with Crippen molar-refractivity contribution in [2.45, 2.75) is 19.4 Å². The summed E-state index contributed by atoms with van der Waals surface area (Å²) in [7, 11) is 0. The number of carbonyl (C=O) groups is 1. The van der Waals surface area contributed by atoms with Crippen LogP contribution in [0.4, 0.5) is 4.39 Å². The first-order valence-electron chi connectivity index (χ1n) is 5.55. The molecule has 0 unspecified atom stereocenters. The molecule has 0 atom stereocenters. The molecule has 1 aromatic heterocycles. The molecule has 0 aliphatic heterocycles. The van der Waals surface area contributed by atoms with Gasteiger partial charge in [-0.05, 0) is 32.0 Å².